The number of thioether (sulfide) groups is 1. The first-order valence-corrected chi connectivity index (χ1v) is 8.13. The Morgan fingerprint density at radius 3 is 2.68 bits per heavy atom. The van der Waals surface area contributed by atoms with Gasteiger partial charge in [-0.25, -0.2) is 0 Å². The SMILES string of the molecule is C[C@]1(CNC(=O)[C@H]2CCC[C@H](C(=O)O)C2)CCCS1. The number of hydrogen-bond donors (Lipinski definition) is 2. The third-order valence-electron chi connectivity index (χ3n) is 4.33. The van der Waals surface area contributed by atoms with Crippen molar-refractivity contribution in [2.75, 3.05) is 12.3 Å². The zero-order valence-electron chi connectivity index (χ0n) is 11.5. The Bertz CT molecular complexity index is 353. The number of rotatable bonds is 4. The maximum Gasteiger partial charge on any atom is 0.306 e. The second-order valence-electron chi connectivity index (χ2n) is 6.02. The fourth-order valence-electron chi connectivity index (χ4n) is 3.05. The molecule has 4 nitrogen and oxygen atoms in total. The van der Waals surface area contributed by atoms with E-state index in [1.54, 1.807) is 0 Å². The van der Waals surface area contributed by atoms with Crippen LogP contribution in [0.4, 0.5) is 0 Å². The predicted octanol–water partition coefficient (Wildman–Crippen LogP) is 2.28. The molecule has 19 heavy (non-hydrogen) atoms. The molecule has 0 bridgehead atoms. The zero-order chi connectivity index (χ0) is 13.9. The van der Waals surface area contributed by atoms with Gasteiger partial charge in [-0.2, -0.15) is 11.8 Å². The summed E-state index contributed by atoms with van der Waals surface area (Å²) in [5.74, 6) is 0.0398. The van der Waals surface area contributed by atoms with Crippen molar-refractivity contribution >= 4 is 23.6 Å². The molecule has 0 aromatic carbocycles. The summed E-state index contributed by atoms with van der Waals surface area (Å²) in [4.78, 5) is 23.2. The standard InChI is InChI=1S/C14H23NO3S/c1-14(6-3-7-19-14)9-15-12(16)10-4-2-5-11(8-10)13(17)18/h10-11H,2-9H2,1H3,(H,15,16)(H,17,18)/t10-,11-,14+/m0/s1. The zero-order valence-corrected chi connectivity index (χ0v) is 12.3. The van der Waals surface area contributed by atoms with Crippen LogP contribution in [-0.4, -0.2) is 34.0 Å². The maximum absolute atomic E-state index is 12.2. The van der Waals surface area contributed by atoms with Crippen LogP contribution in [0.25, 0.3) is 0 Å². The summed E-state index contributed by atoms with van der Waals surface area (Å²) in [6.45, 7) is 2.91. The van der Waals surface area contributed by atoms with Crippen LogP contribution in [-0.2, 0) is 9.59 Å². The Balaban J connectivity index is 1.80. The lowest BCUT2D eigenvalue weighted by molar-refractivity contribution is -0.144. The van der Waals surface area contributed by atoms with E-state index in [1.807, 2.05) is 11.8 Å². The number of aliphatic carboxylic acids is 1. The molecule has 2 aliphatic rings. The molecule has 1 aliphatic carbocycles. The van der Waals surface area contributed by atoms with Gasteiger partial charge in [0.15, 0.2) is 0 Å². The quantitative estimate of drug-likeness (QED) is 0.831. The van der Waals surface area contributed by atoms with Crippen molar-refractivity contribution in [2.45, 2.75) is 50.2 Å². The fraction of sp³-hybridized carbons (Fsp3) is 0.857. The summed E-state index contributed by atoms with van der Waals surface area (Å²) in [5, 5.41) is 12.1. The Morgan fingerprint density at radius 1 is 1.32 bits per heavy atom. The molecule has 1 heterocycles. The third kappa shape index (κ3) is 3.88. The van der Waals surface area contributed by atoms with E-state index in [2.05, 4.69) is 12.2 Å². The van der Waals surface area contributed by atoms with E-state index >= 15 is 0 Å². The van der Waals surface area contributed by atoms with Crippen LogP contribution in [0.1, 0.15) is 45.4 Å². The van der Waals surface area contributed by atoms with Gasteiger partial charge in [0.2, 0.25) is 5.91 Å². The average molecular weight is 285 g/mol. The van der Waals surface area contributed by atoms with Crippen molar-refractivity contribution in [3.63, 3.8) is 0 Å². The summed E-state index contributed by atoms with van der Waals surface area (Å²) in [5.41, 5.74) is 0. The minimum absolute atomic E-state index is 0.0553. The molecule has 3 atom stereocenters. The van der Waals surface area contributed by atoms with Gasteiger partial charge in [-0.05, 0) is 44.8 Å². The monoisotopic (exact) mass is 285 g/mol. The lowest BCUT2D eigenvalue weighted by atomic mass is 9.81. The Labute approximate surface area is 118 Å². The number of carbonyl (C=O) groups excluding carboxylic acids is 1. The largest absolute Gasteiger partial charge is 0.481 e. The summed E-state index contributed by atoms with van der Waals surface area (Å²) < 4.78 is 0.177. The normalized spacial score (nSPS) is 35.0. The van der Waals surface area contributed by atoms with Crippen LogP contribution in [0.3, 0.4) is 0 Å². The summed E-state index contributed by atoms with van der Waals surface area (Å²) >= 11 is 1.93. The van der Waals surface area contributed by atoms with E-state index in [0.29, 0.717) is 19.4 Å². The molecule has 2 fully saturated rings. The molecular formula is C14H23NO3S. The van der Waals surface area contributed by atoms with Crippen molar-refractivity contribution in [1.82, 2.24) is 5.32 Å². The lowest BCUT2D eigenvalue weighted by Gasteiger charge is -2.28. The van der Waals surface area contributed by atoms with E-state index < -0.39 is 5.97 Å². The molecule has 108 valence electrons. The van der Waals surface area contributed by atoms with Crippen LogP contribution >= 0.6 is 11.8 Å². The Hall–Kier alpha value is -0.710. The second-order valence-corrected chi connectivity index (χ2v) is 7.70. The minimum atomic E-state index is -0.754. The van der Waals surface area contributed by atoms with Gasteiger partial charge in [-0.3, -0.25) is 9.59 Å². The molecule has 2 rings (SSSR count). The van der Waals surface area contributed by atoms with Crippen LogP contribution in [0.5, 0.6) is 0 Å². The van der Waals surface area contributed by atoms with Crippen molar-refractivity contribution in [2.24, 2.45) is 11.8 Å². The van der Waals surface area contributed by atoms with E-state index in [0.717, 1.165) is 19.3 Å². The Morgan fingerprint density at radius 2 is 2.05 bits per heavy atom. The van der Waals surface area contributed by atoms with Gasteiger partial charge >= 0.3 is 5.97 Å². The van der Waals surface area contributed by atoms with Gasteiger partial charge in [0, 0.05) is 17.2 Å². The van der Waals surface area contributed by atoms with Crippen LogP contribution < -0.4 is 5.32 Å². The van der Waals surface area contributed by atoms with Gasteiger partial charge in [0.25, 0.3) is 0 Å². The van der Waals surface area contributed by atoms with Crippen molar-refractivity contribution < 1.29 is 14.7 Å². The molecule has 0 aromatic heterocycles. The van der Waals surface area contributed by atoms with E-state index in [9.17, 15) is 9.59 Å². The molecule has 0 unspecified atom stereocenters. The van der Waals surface area contributed by atoms with Crippen LogP contribution in [0.15, 0.2) is 0 Å². The highest BCUT2D eigenvalue weighted by atomic mass is 32.2. The van der Waals surface area contributed by atoms with Gasteiger partial charge in [0.05, 0.1) is 5.92 Å². The van der Waals surface area contributed by atoms with Crippen molar-refractivity contribution in [1.29, 1.82) is 0 Å². The smallest absolute Gasteiger partial charge is 0.306 e. The van der Waals surface area contributed by atoms with Crippen LogP contribution in [0.2, 0.25) is 0 Å². The second kappa shape index (κ2) is 6.16. The number of carboxylic acids is 1. The third-order valence-corrected chi connectivity index (χ3v) is 5.87. The molecule has 0 radical (unpaired) electrons. The summed E-state index contributed by atoms with van der Waals surface area (Å²) in [7, 11) is 0. The Kier molecular flexibility index (Phi) is 4.76. The molecule has 2 N–H and O–H groups in total. The molecule has 5 heteroatoms. The number of hydrogen-bond acceptors (Lipinski definition) is 3. The first-order valence-electron chi connectivity index (χ1n) is 7.15. The molecule has 1 aliphatic heterocycles. The number of carbonyl (C=O) groups is 2. The predicted molar refractivity (Wildman–Crippen MR) is 76.2 cm³/mol. The van der Waals surface area contributed by atoms with Crippen LogP contribution in [0, 0.1) is 11.8 Å². The summed E-state index contributed by atoms with van der Waals surface area (Å²) in [6, 6.07) is 0. The van der Waals surface area contributed by atoms with Crippen molar-refractivity contribution in [3.8, 4) is 0 Å². The molecule has 0 spiro atoms. The van der Waals surface area contributed by atoms with E-state index in [-0.39, 0.29) is 22.5 Å². The highest BCUT2D eigenvalue weighted by molar-refractivity contribution is 8.00. The van der Waals surface area contributed by atoms with Gasteiger partial charge in [0.1, 0.15) is 0 Å². The average Bonchev–Trinajstić information content (AvgIpc) is 2.83. The molecule has 1 saturated heterocycles. The van der Waals surface area contributed by atoms with Gasteiger partial charge in [-0.15, -0.1) is 0 Å². The molecule has 1 saturated carbocycles. The topological polar surface area (TPSA) is 66.4 Å². The molecule has 1 amide bonds. The lowest BCUT2D eigenvalue weighted by Crippen LogP contribution is -2.41. The van der Waals surface area contributed by atoms with E-state index in [4.69, 9.17) is 5.11 Å². The maximum atomic E-state index is 12.2. The highest BCUT2D eigenvalue weighted by Crippen LogP contribution is 2.37. The van der Waals surface area contributed by atoms with Gasteiger partial charge < -0.3 is 10.4 Å². The number of amides is 1. The summed E-state index contributed by atoms with van der Waals surface area (Å²) in [6.07, 6.45) is 5.28. The van der Waals surface area contributed by atoms with Gasteiger partial charge in [-0.1, -0.05) is 6.42 Å². The highest BCUT2D eigenvalue weighted by Gasteiger charge is 2.33. The first-order chi connectivity index (χ1) is 9.00. The molecular weight excluding hydrogens is 262 g/mol. The molecule has 0 aromatic rings. The minimum Gasteiger partial charge on any atom is -0.481 e. The van der Waals surface area contributed by atoms with Crippen molar-refractivity contribution in [3.05, 3.63) is 0 Å². The number of nitrogens with one attached hydrogen (secondary N) is 1. The number of carboxylic acid groups (broad SMARTS) is 1. The first kappa shape index (κ1) is 14.7. The van der Waals surface area contributed by atoms with E-state index in [1.165, 1.54) is 12.2 Å². The fourth-order valence-corrected chi connectivity index (χ4v) is 4.29.